The van der Waals surface area contributed by atoms with E-state index < -0.39 is 18.4 Å². The number of alkyl halides is 2. The molecule has 0 unspecified atom stereocenters. The van der Waals surface area contributed by atoms with Crippen molar-refractivity contribution in [2.45, 2.75) is 12.8 Å². The summed E-state index contributed by atoms with van der Waals surface area (Å²) in [6, 6.07) is 15.8. The fraction of sp³-hybridized carbons (Fsp3) is 0.125. The zero-order valence-corrected chi connectivity index (χ0v) is 17.7. The van der Waals surface area contributed by atoms with Crippen molar-refractivity contribution in [1.29, 1.82) is 0 Å². The highest BCUT2D eigenvalue weighted by atomic mass is 19.3. The first-order chi connectivity index (χ1) is 15.7. The molecule has 0 amide bonds. The maximum Gasteiger partial charge on any atom is 0.335 e. The minimum absolute atomic E-state index is 0.194. The maximum absolute atomic E-state index is 13.0. The average Bonchev–Trinajstić information content (AvgIpc) is 3.21. The normalized spacial score (nSPS) is 11.4. The Morgan fingerprint density at radius 1 is 1.09 bits per heavy atom. The molecule has 9 heteroatoms. The quantitative estimate of drug-likeness (QED) is 0.355. The molecule has 0 saturated heterocycles. The van der Waals surface area contributed by atoms with E-state index in [-0.39, 0.29) is 11.4 Å². The van der Waals surface area contributed by atoms with Gasteiger partial charge in [-0.25, -0.2) is 23.1 Å². The van der Waals surface area contributed by atoms with Crippen molar-refractivity contribution in [3.8, 4) is 22.4 Å². The van der Waals surface area contributed by atoms with Crippen molar-refractivity contribution in [2.24, 2.45) is 0 Å². The fourth-order valence-corrected chi connectivity index (χ4v) is 3.30. The summed E-state index contributed by atoms with van der Waals surface area (Å²) in [5, 5.41) is 19.2. The Bertz CT molecular complexity index is 1340. The van der Waals surface area contributed by atoms with Crippen LogP contribution < -0.4 is 10.6 Å². The second kappa shape index (κ2) is 8.70. The van der Waals surface area contributed by atoms with Gasteiger partial charge in [0.2, 0.25) is 0 Å². The van der Waals surface area contributed by atoms with E-state index >= 15 is 0 Å². The molecule has 33 heavy (non-hydrogen) atoms. The van der Waals surface area contributed by atoms with Crippen molar-refractivity contribution in [3.63, 3.8) is 0 Å². The van der Waals surface area contributed by atoms with Gasteiger partial charge in [-0.15, -0.1) is 0 Å². The third-order valence-electron chi connectivity index (χ3n) is 4.87. The van der Waals surface area contributed by atoms with E-state index in [1.54, 1.807) is 35.1 Å². The van der Waals surface area contributed by atoms with Gasteiger partial charge in [0.05, 0.1) is 36.0 Å². The van der Waals surface area contributed by atoms with Gasteiger partial charge in [-0.2, -0.15) is 5.10 Å². The molecule has 0 fully saturated rings. The standard InChI is InChI=1S/C24H21F2N5O2/c1-15(28-14-24(2,25)26)30-20-8-4-6-17(10-20)21-13-27-22-11-19(12-29-31(21)22)16-5-3-7-18(9-16)23(32)33/h3-13,28,30H,1,14H2,2H3,(H,32,33). The molecular formula is C24H21F2N5O2. The minimum atomic E-state index is -2.84. The second-order valence-corrected chi connectivity index (χ2v) is 7.65. The third kappa shape index (κ3) is 5.15. The summed E-state index contributed by atoms with van der Waals surface area (Å²) in [5.41, 5.74) is 4.48. The summed E-state index contributed by atoms with van der Waals surface area (Å²) in [4.78, 5) is 15.7. The first kappa shape index (κ1) is 21.9. The number of nitrogens with zero attached hydrogens (tertiary/aromatic N) is 3. The Hall–Kier alpha value is -4.27. The summed E-state index contributed by atoms with van der Waals surface area (Å²) in [6.45, 7) is 4.04. The van der Waals surface area contributed by atoms with Gasteiger partial charge in [0.1, 0.15) is 0 Å². The first-order valence-electron chi connectivity index (χ1n) is 10.1. The maximum atomic E-state index is 13.0. The predicted molar refractivity (Wildman–Crippen MR) is 122 cm³/mol. The Labute approximate surface area is 188 Å². The number of aromatic carboxylic acids is 1. The van der Waals surface area contributed by atoms with Crippen LogP contribution in [-0.4, -0.2) is 38.1 Å². The molecule has 0 saturated carbocycles. The fourth-order valence-electron chi connectivity index (χ4n) is 3.30. The molecule has 2 aromatic carbocycles. The largest absolute Gasteiger partial charge is 0.478 e. The Balaban J connectivity index is 1.58. The molecule has 7 nitrogen and oxygen atoms in total. The summed E-state index contributed by atoms with van der Waals surface area (Å²) in [5.74, 6) is -3.58. The molecule has 0 bridgehead atoms. The van der Waals surface area contributed by atoms with Crippen molar-refractivity contribution >= 4 is 17.3 Å². The molecule has 0 atom stereocenters. The van der Waals surface area contributed by atoms with Crippen molar-refractivity contribution in [3.05, 3.63) is 85.0 Å². The van der Waals surface area contributed by atoms with Crippen LogP contribution in [-0.2, 0) is 0 Å². The van der Waals surface area contributed by atoms with Crippen molar-refractivity contribution < 1.29 is 18.7 Å². The zero-order valence-electron chi connectivity index (χ0n) is 17.7. The molecule has 4 rings (SSSR count). The molecule has 0 aliphatic carbocycles. The molecule has 0 radical (unpaired) electrons. The number of hydrogen-bond donors (Lipinski definition) is 3. The lowest BCUT2D eigenvalue weighted by atomic mass is 10.1. The molecule has 0 aliphatic heterocycles. The zero-order chi connectivity index (χ0) is 23.6. The van der Waals surface area contributed by atoms with Gasteiger partial charge in [-0.3, -0.25) is 0 Å². The molecule has 0 aliphatic rings. The summed E-state index contributed by atoms with van der Waals surface area (Å²) < 4.78 is 27.7. The number of carboxylic acids is 1. The highest BCUT2D eigenvalue weighted by molar-refractivity contribution is 5.89. The minimum Gasteiger partial charge on any atom is -0.478 e. The smallest absolute Gasteiger partial charge is 0.335 e. The topological polar surface area (TPSA) is 91.5 Å². The lowest BCUT2D eigenvalue weighted by molar-refractivity contribution is 0.0253. The van der Waals surface area contributed by atoms with E-state index in [1.807, 2.05) is 30.3 Å². The van der Waals surface area contributed by atoms with Gasteiger partial charge in [0.15, 0.2) is 5.65 Å². The van der Waals surface area contributed by atoms with E-state index in [2.05, 4.69) is 27.3 Å². The highest BCUT2D eigenvalue weighted by Gasteiger charge is 2.20. The predicted octanol–water partition coefficient (Wildman–Crippen LogP) is 4.89. The van der Waals surface area contributed by atoms with E-state index in [0.717, 1.165) is 29.3 Å². The monoisotopic (exact) mass is 449 g/mol. The van der Waals surface area contributed by atoms with Crippen molar-refractivity contribution in [2.75, 3.05) is 11.9 Å². The van der Waals surface area contributed by atoms with Crippen LogP contribution in [0.25, 0.3) is 28.0 Å². The van der Waals surface area contributed by atoms with Crippen LogP contribution in [0.4, 0.5) is 14.5 Å². The van der Waals surface area contributed by atoms with Crippen LogP contribution >= 0.6 is 0 Å². The summed E-state index contributed by atoms with van der Waals surface area (Å²) in [7, 11) is 0. The van der Waals surface area contributed by atoms with Crippen LogP contribution in [0.3, 0.4) is 0 Å². The van der Waals surface area contributed by atoms with E-state index in [4.69, 9.17) is 0 Å². The molecule has 168 valence electrons. The number of carboxylic acid groups (broad SMARTS) is 1. The number of hydrogen-bond acceptors (Lipinski definition) is 5. The lowest BCUT2D eigenvalue weighted by Crippen LogP contribution is -2.31. The van der Waals surface area contributed by atoms with Crippen LogP contribution in [0.2, 0.25) is 0 Å². The number of carbonyl (C=O) groups is 1. The molecule has 0 spiro atoms. The number of fused-ring (bicyclic) bond motifs is 1. The van der Waals surface area contributed by atoms with Gasteiger partial charge in [-0.05, 0) is 35.9 Å². The molecule has 2 heterocycles. The SMILES string of the molecule is C=C(NCC(C)(F)F)Nc1cccc(-c2cnc3cc(-c4cccc(C(=O)O)c4)cnn23)c1. The number of imidazole rings is 1. The van der Waals surface area contributed by atoms with Gasteiger partial charge >= 0.3 is 5.97 Å². The molecule has 3 N–H and O–H groups in total. The highest BCUT2D eigenvalue weighted by Crippen LogP contribution is 2.26. The molecule has 2 aromatic heterocycles. The van der Waals surface area contributed by atoms with Crippen LogP contribution in [0.15, 0.2) is 79.4 Å². The van der Waals surface area contributed by atoms with Crippen LogP contribution in [0, 0.1) is 0 Å². The molecular weight excluding hydrogens is 428 g/mol. The third-order valence-corrected chi connectivity index (χ3v) is 4.87. The van der Waals surface area contributed by atoms with E-state index in [9.17, 15) is 18.7 Å². The van der Waals surface area contributed by atoms with Gasteiger partial charge in [-0.1, -0.05) is 30.8 Å². The van der Waals surface area contributed by atoms with E-state index in [0.29, 0.717) is 11.3 Å². The lowest BCUT2D eigenvalue weighted by Gasteiger charge is -2.16. The second-order valence-electron chi connectivity index (χ2n) is 7.65. The summed E-state index contributed by atoms with van der Waals surface area (Å²) >= 11 is 0. The average molecular weight is 449 g/mol. The van der Waals surface area contributed by atoms with Gasteiger partial charge in [0.25, 0.3) is 5.92 Å². The first-order valence-corrected chi connectivity index (χ1v) is 10.1. The Morgan fingerprint density at radius 3 is 2.61 bits per heavy atom. The number of aromatic nitrogens is 3. The Kier molecular flexibility index (Phi) is 5.78. The van der Waals surface area contributed by atoms with Crippen molar-refractivity contribution in [1.82, 2.24) is 19.9 Å². The number of anilines is 1. The number of halogens is 2. The number of nitrogens with one attached hydrogen (secondary N) is 2. The van der Waals surface area contributed by atoms with Crippen LogP contribution in [0.5, 0.6) is 0 Å². The van der Waals surface area contributed by atoms with E-state index in [1.165, 1.54) is 6.07 Å². The Morgan fingerprint density at radius 2 is 1.85 bits per heavy atom. The number of benzene rings is 2. The summed E-state index contributed by atoms with van der Waals surface area (Å²) in [6.07, 6.45) is 3.33. The molecule has 4 aromatic rings. The van der Waals surface area contributed by atoms with Crippen LogP contribution in [0.1, 0.15) is 17.3 Å². The van der Waals surface area contributed by atoms with Gasteiger partial charge < -0.3 is 15.7 Å². The number of rotatable bonds is 8. The van der Waals surface area contributed by atoms with Gasteiger partial charge in [0, 0.05) is 23.7 Å².